The van der Waals surface area contributed by atoms with Gasteiger partial charge >= 0.3 is 0 Å². The summed E-state index contributed by atoms with van der Waals surface area (Å²) in [6, 6.07) is 0.0710. The van der Waals surface area contributed by atoms with Gasteiger partial charge in [0.2, 0.25) is 5.91 Å². The summed E-state index contributed by atoms with van der Waals surface area (Å²) in [5.41, 5.74) is -0.330. The van der Waals surface area contributed by atoms with Crippen LogP contribution in [0, 0.1) is 17.8 Å². The van der Waals surface area contributed by atoms with Crippen LogP contribution in [0.25, 0.3) is 0 Å². The Hall–Kier alpha value is -0.970. The van der Waals surface area contributed by atoms with E-state index in [-0.39, 0.29) is 17.4 Å². The molecule has 0 saturated carbocycles. The quantitative estimate of drug-likeness (QED) is 0.621. The molecule has 0 rings (SSSR count). The summed E-state index contributed by atoms with van der Waals surface area (Å²) in [6.07, 6.45) is 5.70. The van der Waals surface area contributed by atoms with Crippen molar-refractivity contribution in [1.29, 1.82) is 0 Å². The first-order valence-corrected chi connectivity index (χ1v) is 4.12. The van der Waals surface area contributed by atoms with E-state index < -0.39 is 0 Å². The minimum atomic E-state index is -0.330. The zero-order valence-corrected chi connectivity index (χ0v) is 8.27. The molecule has 0 aromatic carbocycles. The normalized spacial score (nSPS) is 13.2. The standard InChI is InChI=1S/C10H17NO/c1-6-7-8(2)11-9(12)10(3,4)5/h1,8H,7H2,2-5H3,(H,11,12). The van der Waals surface area contributed by atoms with Gasteiger partial charge in [-0.3, -0.25) is 4.79 Å². The van der Waals surface area contributed by atoms with E-state index in [9.17, 15) is 4.79 Å². The first-order chi connectivity index (χ1) is 5.38. The van der Waals surface area contributed by atoms with Gasteiger partial charge in [0.15, 0.2) is 0 Å². The summed E-state index contributed by atoms with van der Waals surface area (Å²) < 4.78 is 0. The molecule has 0 spiro atoms. The molecule has 0 aromatic heterocycles. The Balaban J connectivity index is 3.95. The van der Waals surface area contributed by atoms with Crippen molar-refractivity contribution in [3.8, 4) is 12.3 Å². The molecule has 0 aliphatic rings. The third-order valence-electron chi connectivity index (χ3n) is 1.48. The molecule has 0 radical (unpaired) electrons. The molecule has 0 bridgehead atoms. The zero-order valence-electron chi connectivity index (χ0n) is 8.27. The maximum atomic E-state index is 11.4. The molecule has 0 aliphatic carbocycles. The summed E-state index contributed by atoms with van der Waals surface area (Å²) >= 11 is 0. The lowest BCUT2D eigenvalue weighted by Gasteiger charge is -2.20. The second kappa shape index (κ2) is 4.15. The van der Waals surface area contributed by atoms with E-state index in [1.54, 1.807) is 0 Å². The molecule has 12 heavy (non-hydrogen) atoms. The number of rotatable bonds is 2. The Bertz CT molecular complexity index is 195. The van der Waals surface area contributed by atoms with Crippen LogP contribution in [0.3, 0.4) is 0 Å². The average molecular weight is 167 g/mol. The van der Waals surface area contributed by atoms with Gasteiger partial charge < -0.3 is 5.32 Å². The molecule has 68 valence electrons. The second-order valence-electron chi connectivity index (χ2n) is 4.03. The number of hydrogen-bond donors (Lipinski definition) is 1. The predicted octanol–water partition coefficient (Wildman–Crippen LogP) is 1.56. The third kappa shape index (κ3) is 4.02. The van der Waals surface area contributed by atoms with Gasteiger partial charge in [-0.15, -0.1) is 12.3 Å². The van der Waals surface area contributed by atoms with Crippen molar-refractivity contribution in [2.24, 2.45) is 5.41 Å². The largest absolute Gasteiger partial charge is 0.352 e. The number of hydrogen-bond acceptors (Lipinski definition) is 1. The minimum absolute atomic E-state index is 0.0465. The van der Waals surface area contributed by atoms with Crippen LogP contribution in [0.2, 0.25) is 0 Å². The van der Waals surface area contributed by atoms with Crippen molar-refractivity contribution in [3.05, 3.63) is 0 Å². The van der Waals surface area contributed by atoms with Crippen molar-refractivity contribution in [3.63, 3.8) is 0 Å². The van der Waals surface area contributed by atoms with Crippen molar-refractivity contribution < 1.29 is 4.79 Å². The van der Waals surface area contributed by atoms with E-state index in [0.29, 0.717) is 6.42 Å². The molecule has 0 aliphatic heterocycles. The SMILES string of the molecule is C#CCC(C)NC(=O)C(C)(C)C. The molecular formula is C10H17NO. The summed E-state index contributed by atoms with van der Waals surface area (Å²) in [7, 11) is 0. The average Bonchev–Trinajstić information content (AvgIpc) is 1.85. The van der Waals surface area contributed by atoms with E-state index in [0.717, 1.165) is 0 Å². The van der Waals surface area contributed by atoms with Gasteiger partial charge in [0.1, 0.15) is 0 Å². The highest BCUT2D eigenvalue weighted by molar-refractivity contribution is 5.81. The number of carbonyl (C=O) groups is 1. The molecule has 2 heteroatoms. The molecule has 2 nitrogen and oxygen atoms in total. The maximum Gasteiger partial charge on any atom is 0.225 e. The highest BCUT2D eigenvalue weighted by Gasteiger charge is 2.21. The van der Waals surface area contributed by atoms with Crippen LogP contribution in [0.1, 0.15) is 34.1 Å². The van der Waals surface area contributed by atoms with E-state index in [2.05, 4.69) is 11.2 Å². The van der Waals surface area contributed by atoms with Gasteiger partial charge in [-0.2, -0.15) is 0 Å². The van der Waals surface area contributed by atoms with Gasteiger partial charge in [0.25, 0.3) is 0 Å². The van der Waals surface area contributed by atoms with Crippen molar-refractivity contribution in [2.75, 3.05) is 0 Å². The lowest BCUT2D eigenvalue weighted by Crippen LogP contribution is -2.40. The van der Waals surface area contributed by atoms with Crippen LogP contribution in [-0.2, 0) is 4.79 Å². The van der Waals surface area contributed by atoms with Gasteiger partial charge in [0.05, 0.1) is 0 Å². The summed E-state index contributed by atoms with van der Waals surface area (Å²) in [4.78, 5) is 11.4. The van der Waals surface area contributed by atoms with E-state index in [4.69, 9.17) is 6.42 Å². The molecule has 0 fully saturated rings. The smallest absolute Gasteiger partial charge is 0.225 e. The highest BCUT2D eigenvalue weighted by Crippen LogP contribution is 2.12. The molecule has 1 atom stereocenters. The topological polar surface area (TPSA) is 29.1 Å². The number of terminal acetylenes is 1. The fourth-order valence-electron chi connectivity index (χ4n) is 0.668. The van der Waals surface area contributed by atoms with Crippen molar-refractivity contribution in [2.45, 2.75) is 40.2 Å². The molecule has 0 saturated heterocycles. The lowest BCUT2D eigenvalue weighted by molar-refractivity contribution is -0.129. The first-order valence-electron chi connectivity index (χ1n) is 4.12. The second-order valence-corrected chi connectivity index (χ2v) is 4.03. The van der Waals surface area contributed by atoms with Crippen LogP contribution >= 0.6 is 0 Å². The van der Waals surface area contributed by atoms with Crippen LogP contribution in [-0.4, -0.2) is 11.9 Å². The van der Waals surface area contributed by atoms with Crippen LogP contribution in [0.4, 0.5) is 0 Å². The lowest BCUT2D eigenvalue weighted by atomic mass is 9.95. The summed E-state index contributed by atoms with van der Waals surface area (Å²) in [5.74, 6) is 2.56. The van der Waals surface area contributed by atoms with Crippen molar-refractivity contribution >= 4 is 5.91 Å². The maximum absolute atomic E-state index is 11.4. The molecular weight excluding hydrogens is 150 g/mol. The van der Waals surface area contributed by atoms with E-state index in [1.807, 2.05) is 27.7 Å². The fraction of sp³-hybridized carbons (Fsp3) is 0.700. The highest BCUT2D eigenvalue weighted by atomic mass is 16.2. The first kappa shape index (κ1) is 11.0. The number of carbonyl (C=O) groups excluding carboxylic acids is 1. The Morgan fingerprint density at radius 3 is 2.42 bits per heavy atom. The number of nitrogens with one attached hydrogen (secondary N) is 1. The summed E-state index contributed by atoms with van der Waals surface area (Å²) in [5, 5.41) is 2.84. The Labute approximate surface area is 74.7 Å². The van der Waals surface area contributed by atoms with Crippen LogP contribution in [0.15, 0.2) is 0 Å². The van der Waals surface area contributed by atoms with Crippen LogP contribution in [0.5, 0.6) is 0 Å². The Kier molecular flexibility index (Phi) is 3.82. The van der Waals surface area contributed by atoms with Gasteiger partial charge in [-0.25, -0.2) is 0 Å². The monoisotopic (exact) mass is 167 g/mol. The molecule has 0 heterocycles. The molecule has 1 N–H and O–H groups in total. The predicted molar refractivity (Wildman–Crippen MR) is 50.5 cm³/mol. The molecule has 1 amide bonds. The summed E-state index contributed by atoms with van der Waals surface area (Å²) in [6.45, 7) is 7.55. The Morgan fingerprint density at radius 2 is 2.08 bits per heavy atom. The van der Waals surface area contributed by atoms with Crippen LogP contribution < -0.4 is 5.32 Å². The third-order valence-corrected chi connectivity index (χ3v) is 1.48. The van der Waals surface area contributed by atoms with E-state index >= 15 is 0 Å². The zero-order chi connectivity index (χ0) is 9.78. The molecule has 0 aromatic rings. The fourth-order valence-corrected chi connectivity index (χ4v) is 0.668. The van der Waals surface area contributed by atoms with Gasteiger partial charge in [-0.05, 0) is 6.92 Å². The molecule has 1 unspecified atom stereocenters. The van der Waals surface area contributed by atoms with E-state index in [1.165, 1.54) is 0 Å². The van der Waals surface area contributed by atoms with Crippen molar-refractivity contribution in [1.82, 2.24) is 5.32 Å². The minimum Gasteiger partial charge on any atom is -0.352 e. The van der Waals surface area contributed by atoms with Gasteiger partial charge in [-0.1, -0.05) is 20.8 Å². The van der Waals surface area contributed by atoms with Gasteiger partial charge in [0, 0.05) is 17.9 Å². The number of amides is 1. The Morgan fingerprint density at radius 1 is 1.58 bits per heavy atom.